The zero-order valence-corrected chi connectivity index (χ0v) is 17.0. The first-order valence-electron chi connectivity index (χ1n) is 8.91. The summed E-state index contributed by atoms with van der Waals surface area (Å²) in [5, 5.41) is 0. The van der Waals surface area contributed by atoms with E-state index in [9.17, 15) is 0 Å². The van der Waals surface area contributed by atoms with E-state index in [2.05, 4.69) is 65.8 Å². The molecule has 0 spiro atoms. The zero-order valence-electron chi connectivity index (χ0n) is 17.0. The molecule has 2 heteroatoms. The lowest BCUT2D eigenvalue weighted by Gasteiger charge is -2.29. The molecule has 2 aromatic carbocycles. The summed E-state index contributed by atoms with van der Waals surface area (Å²) in [4.78, 5) is 0. The van der Waals surface area contributed by atoms with Crippen LogP contribution >= 0.6 is 0 Å². The van der Waals surface area contributed by atoms with Gasteiger partial charge in [-0.1, -0.05) is 65.8 Å². The van der Waals surface area contributed by atoms with Gasteiger partial charge >= 0.3 is 0 Å². The highest BCUT2D eigenvalue weighted by atomic mass is 16.5. The molecular weight excluding hydrogens is 308 g/mol. The van der Waals surface area contributed by atoms with E-state index in [-0.39, 0.29) is 10.8 Å². The van der Waals surface area contributed by atoms with Gasteiger partial charge in [-0.2, -0.15) is 0 Å². The van der Waals surface area contributed by atoms with Crippen LogP contribution in [-0.4, -0.2) is 14.2 Å². The molecule has 0 N–H and O–H groups in total. The summed E-state index contributed by atoms with van der Waals surface area (Å²) >= 11 is 0. The molecule has 0 aliphatic carbocycles. The van der Waals surface area contributed by atoms with Gasteiger partial charge in [0.25, 0.3) is 0 Å². The van der Waals surface area contributed by atoms with E-state index >= 15 is 0 Å². The third-order valence-corrected chi connectivity index (χ3v) is 4.60. The van der Waals surface area contributed by atoms with Gasteiger partial charge in [0.1, 0.15) is 11.5 Å². The molecule has 0 saturated carbocycles. The Morgan fingerprint density at radius 3 is 1.80 bits per heavy atom. The summed E-state index contributed by atoms with van der Waals surface area (Å²) in [5.41, 5.74) is 5.24. The molecule has 0 fully saturated rings. The Labute approximate surface area is 153 Å². The van der Waals surface area contributed by atoms with E-state index in [0.717, 1.165) is 17.9 Å². The summed E-state index contributed by atoms with van der Waals surface area (Å²) in [7, 11) is 3.47. The summed E-state index contributed by atoms with van der Waals surface area (Å²) in [5.74, 6) is 1.89. The number of hydrogen-bond acceptors (Lipinski definition) is 2. The standard InChI is InChI=1S/C23H32O2/c1-22(2,3)18-14-17(13-16-9-11-19(24-7)12-10-16)21(25-8)20(15-18)23(4,5)6/h9-12,14-15H,13H2,1-8H3. The van der Waals surface area contributed by atoms with Crippen molar-refractivity contribution < 1.29 is 9.47 Å². The van der Waals surface area contributed by atoms with Crippen LogP contribution in [0.1, 0.15) is 63.8 Å². The summed E-state index contributed by atoms with van der Waals surface area (Å²) < 4.78 is 11.1. The Morgan fingerprint density at radius 2 is 1.36 bits per heavy atom. The van der Waals surface area contributed by atoms with Crippen LogP contribution in [0.5, 0.6) is 11.5 Å². The molecule has 0 atom stereocenters. The van der Waals surface area contributed by atoms with Crippen LogP contribution in [0.2, 0.25) is 0 Å². The van der Waals surface area contributed by atoms with Crippen LogP contribution in [0.25, 0.3) is 0 Å². The highest BCUT2D eigenvalue weighted by Gasteiger charge is 2.25. The van der Waals surface area contributed by atoms with E-state index in [1.807, 2.05) is 12.1 Å². The molecule has 0 amide bonds. The van der Waals surface area contributed by atoms with Crippen molar-refractivity contribution in [3.8, 4) is 11.5 Å². The van der Waals surface area contributed by atoms with Gasteiger partial charge in [0.2, 0.25) is 0 Å². The molecule has 0 aliphatic rings. The second-order valence-corrected chi connectivity index (χ2v) is 8.74. The smallest absolute Gasteiger partial charge is 0.126 e. The quantitative estimate of drug-likeness (QED) is 0.691. The number of hydrogen-bond donors (Lipinski definition) is 0. The van der Waals surface area contributed by atoms with Gasteiger partial charge in [0.15, 0.2) is 0 Å². The predicted molar refractivity (Wildman–Crippen MR) is 106 cm³/mol. The highest BCUT2D eigenvalue weighted by molar-refractivity contribution is 5.51. The first-order chi connectivity index (χ1) is 11.6. The minimum absolute atomic E-state index is 0.0290. The first-order valence-corrected chi connectivity index (χ1v) is 8.91. The van der Waals surface area contributed by atoms with Crippen molar-refractivity contribution in [3.63, 3.8) is 0 Å². The molecule has 136 valence electrons. The predicted octanol–water partition coefficient (Wildman–Crippen LogP) is 5.89. The zero-order chi connectivity index (χ0) is 18.8. The molecule has 0 radical (unpaired) electrons. The summed E-state index contributed by atoms with van der Waals surface area (Å²) in [6.07, 6.45) is 0.847. The topological polar surface area (TPSA) is 18.5 Å². The lowest BCUT2D eigenvalue weighted by molar-refractivity contribution is 0.392. The Bertz CT molecular complexity index is 713. The Morgan fingerprint density at radius 1 is 0.760 bits per heavy atom. The fraction of sp³-hybridized carbons (Fsp3) is 0.478. The van der Waals surface area contributed by atoms with Crippen LogP contribution in [0.15, 0.2) is 36.4 Å². The Hall–Kier alpha value is -1.96. The molecule has 0 heterocycles. The number of rotatable bonds is 4. The average Bonchev–Trinajstić information content (AvgIpc) is 2.53. The lowest BCUT2D eigenvalue weighted by Crippen LogP contribution is -2.18. The lowest BCUT2D eigenvalue weighted by atomic mass is 9.78. The average molecular weight is 341 g/mol. The molecule has 2 nitrogen and oxygen atoms in total. The van der Waals surface area contributed by atoms with Crippen LogP contribution in [0.3, 0.4) is 0 Å². The number of benzene rings is 2. The molecule has 0 bridgehead atoms. The largest absolute Gasteiger partial charge is 0.497 e. The number of ether oxygens (including phenoxy) is 2. The molecule has 2 aromatic rings. The van der Waals surface area contributed by atoms with Gasteiger partial charge in [-0.25, -0.2) is 0 Å². The second kappa shape index (κ2) is 7.11. The molecular formula is C23H32O2. The van der Waals surface area contributed by atoms with Crippen molar-refractivity contribution in [3.05, 3.63) is 58.7 Å². The fourth-order valence-corrected chi connectivity index (χ4v) is 3.01. The van der Waals surface area contributed by atoms with Crippen molar-refractivity contribution in [2.45, 2.75) is 58.8 Å². The van der Waals surface area contributed by atoms with Crippen molar-refractivity contribution in [1.29, 1.82) is 0 Å². The maximum atomic E-state index is 5.86. The maximum absolute atomic E-state index is 5.86. The van der Waals surface area contributed by atoms with Gasteiger partial charge in [-0.15, -0.1) is 0 Å². The monoisotopic (exact) mass is 340 g/mol. The van der Waals surface area contributed by atoms with Crippen LogP contribution in [0, 0.1) is 0 Å². The van der Waals surface area contributed by atoms with E-state index < -0.39 is 0 Å². The highest BCUT2D eigenvalue weighted by Crippen LogP contribution is 2.39. The van der Waals surface area contributed by atoms with E-state index in [1.165, 1.54) is 22.3 Å². The normalized spacial score (nSPS) is 12.2. The van der Waals surface area contributed by atoms with Crippen molar-refractivity contribution in [2.24, 2.45) is 0 Å². The molecule has 25 heavy (non-hydrogen) atoms. The van der Waals surface area contributed by atoms with E-state index in [1.54, 1.807) is 14.2 Å². The fourth-order valence-electron chi connectivity index (χ4n) is 3.01. The SMILES string of the molecule is COc1ccc(Cc2cc(C(C)(C)C)cc(C(C)(C)C)c2OC)cc1. The van der Waals surface area contributed by atoms with E-state index in [0.29, 0.717) is 0 Å². The van der Waals surface area contributed by atoms with Gasteiger partial charge in [-0.3, -0.25) is 0 Å². The molecule has 0 aliphatic heterocycles. The molecule has 0 saturated heterocycles. The maximum Gasteiger partial charge on any atom is 0.126 e. The first kappa shape index (κ1) is 19.4. The summed E-state index contributed by atoms with van der Waals surface area (Å²) in [6, 6.07) is 12.9. The van der Waals surface area contributed by atoms with Crippen molar-refractivity contribution in [1.82, 2.24) is 0 Å². The van der Waals surface area contributed by atoms with Crippen LogP contribution in [0.4, 0.5) is 0 Å². The third kappa shape index (κ3) is 4.56. The van der Waals surface area contributed by atoms with Crippen LogP contribution in [-0.2, 0) is 17.3 Å². The Kier molecular flexibility index (Phi) is 5.51. The van der Waals surface area contributed by atoms with Gasteiger partial charge in [0, 0.05) is 12.0 Å². The molecule has 0 unspecified atom stereocenters. The molecule has 2 rings (SSSR count). The van der Waals surface area contributed by atoms with Gasteiger partial charge in [0.05, 0.1) is 14.2 Å². The second-order valence-electron chi connectivity index (χ2n) is 8.74. The minimum atomic E-state index is 0.0290. The molecule has 0 aromatic heterocycles. The van der Waals surface area contributed by atoms with Crippen LogP contribution < -0.4 is 9.47 Å². The van der Waals surface area contributed by atoms with Gasteiger partial charge in [-0.05, 0) is 39.7 Å². The van der Waals surface area contributed by atoms with Crippen molar-refractivity contribution in [2.75, 3.05) is 14.2 Å². The van der Waals surface area contributed by atoms with E-state index in [4.69, 9.17) is 9.47 Å². The third-order valence-electron chi connectivity index (χ3n) is 4.60. The summed E-state index contributed by atoms with van der Waals surface area (Å²) in [6.45, 7) is 13.5. The van der Waals surface area contributed by atoms with Crippen molar-refractivity contribution >= 4 is 0 Å². The Balaban J connectivity index is 2.57. The van der Waals surface area contributed by atoms with Gasteiger partial charge < -0.3 is 9.47 Å². The minimum Gasteiger partial charge on any atom is -0.497 e. The number of methoxy groups -OCH3 is 2.